The normalized spacial score (nSPS) is 20.5. The van der Waals surface area contributed by atoms with Gasteiger partial charge in [-0.3, -0.25) is 14.6 Å². The maximum atomic E-state index is 12.4. The van der Waals surface area contributed by atoms with E-state index in [1.165, 1.54) is 5.56 Å². The largest absolute Gasteiger partial charge is 0.336 e. The van der Waals surface area contributed by atoms with E-state index in [1.54, 1.807) is 11.9 Å². The summed E-state index contributed by atoms with van der Waals surface area (Å²) in [5, 5.41) is 5.27. The molecule has 8 nitrogen and oxygen atoms in total. The van der Waals surface area contributed by atoms with Crippen LogP contribution in [-0.2, 0) is 11.3 Å². The summed E-state index contributed by atoms with van der Waals surface area (Å²) in [4.78, 5) is 40.7. The van der Waals surface area contributed by atoms with E-state index in [1.807, 2.05) is 18.2 Å². The molecule has 2 heterocycles. The zero-order chi connectivity index (χ0) is 19.2. The molecule has 2 saturated heterocycles. The van der Waals surface area contributed by atoms with Crippen molar-refractivity contribution >= 4 is 18.0 Å². The van der Waals surface area contributed by atoms with Crippen LogP contribution in [0.4, 0.5) is 9.59 Å². The van der Waals surface area contributed by atoms with E-state index in [-0.39, 0.29) is 37.6 Å². The first-order chi connectivity index (χ1) is 13.0. The Bertz CT molecular complexity index is 665. The van der Waals surface area contributed by atoms with Gasteiger partial charge in [-0.25, -0.2) is 9.59 Å². The molecule has 1 unspecified atom stereocenters. The number of nitrogens with zero attached hydrogens (tertiary/aromatic N) is 3. The van der Waals surface area contributed by atoms with Gasteiger partial charge in [0.25, 0.3) is 0 Å². The number of urea groups is 2. The standard InChI is InChI=1S/C19H27N5O3/c1-22(18(26)20-9-11-24-17(25)12-21-19(24)27)16-8-5-10-23(14-16)13-15-6-3-2-4-7-15/h2-4,6-7,16H,5,8-14H2,1H3,(H,20,26)(H,21,27). The van der Waals surface area contributed by atoms with Crippen molar-refractivity contribution in [1.82, 2.24) is 25.3 Å². The number of rotatable bonds is 6. The average Bonchev–Trinajstić information content (AvgIpc) is 3.00. The Labute approximate surface area is 159 Å². The van der Waals surface area contributed by atoms with Gasteiger partial charge in [-0.1, -0.05) is 30.3 Å². The number of likely N-dealkylation sites (tertiary alicyclic amines) is 1. The van der Waals surface area contributed by atoms with Gasteiger partial charge in [0.15, 0.2) is 0 Å². The first-order valence-corrected chi connectivity index (χ1v) is 9.39. The molecule has 5 amide bonds. The van der Waals surface area contributed by atoms with Crippen molar-refractivity contribution < 1.29 is 14.4 Å². The molecule has 2 N–H and O–H groups in total. The van der Waals surface area contributed by atoms with Crippen molar-refractivity contribution in [2.75, 3.05) is 39.8 Å². The summed E-state index contributed by atoms with van der Waals surface area (Å²) >= 11 is 0. The van der Waals surface area contributed by atoms with Crippen LogP contribution in [0.2, 0.25) is 0 Å². The predicted molar refractivity (Wildman–Crippen MR) is 101 cm³/mol. The number of likely N-dealkylation sites (N-methyl/N-ethyl adjacent to an activating group) is 1. The van der Waals surface area contributed by atoms with Crippen molar-refractivity contribution in [1.29, 1.82) is 0 Å². The Hall–Kier alpha value is -2.61. The van der Waals surface area contributed by atoms with Crippen LogP contribution >= 0.6 is 0 Å². The number of benzene rings is 1. The summed E-state index contributed by atoms with van der Waals surface area (Å²) in [5.74, 6) is -0.258. The van der Waals surface area contributed by atoms with Crippen LogP contribution in [0.15, 0.2) is 30.3 Å². The Morgan fingerprint density at radius 3 is 2.78 bits per heavy atom. The predicted octanol–water partition coefficient (Wildman–Crippen LogP) is 0.844. The van der Waals surface area contributed by atoms with Gasteiger partial charge in [-0.05, 0) is 24.9 Å². The SMILES string of the molecule is CN(C(=O)NCCN1C(=O)CNC1=O)C1CCCN(Cc2ccccc2)C1. The molecule has 1 atom stereocenters. The molecule has 1 aromatic rings. The second-order valence-electron chi connectivity index (χ2n) is 7.06. The van der Waals surface area contributed by atoms with Gasteiger partial charge in [-0.2, -0.15) is 0 Å². The fourth-order valence-corrected chi connectivity index (χ4v) is 3.58. The molecule has 146 valence electrons. The van der Waals surface area contributed by atoms with Crippen molar-refractivity contribution in [3.63, 3.8) is 0 Å². The second kappa shape index (κ2) is 8.85. The van der Waals surface area contributed by atoms with Gasteiger partial charge >= 0.3 is 12.1 Å². The van der Waals surface area contributed by atoms with Gasteiger partial charge in [0.05, 0.1) is 6.54 Å². The van der Waals surface area contributed by atoms with Crippen molar-refractivity contribution in [3.05, 3.63) is 35.9 Å². The van der Waals surface area contributed by atoms with Crippen molar-refractivity contribution in [3.8, 4) is 0 Å². The number of amides is 5. The van der Waals surface area contributed by atoms with Crippen LogP contribution in [0.5, 0.6) is 0 Å². The van der Waals surface area contributed by atoms with Crippen LogP contribution in [0.3, 0.4) is 0 Å². The van der Waals surface area contributed by atoms with Gasteiger partial charge < -0.3 is 15.5 Å². The van der Waals surface area contributed by atoms with E-state index in [0.717, 1.165) is 37.4 Å². The smallest absolute Gasteiger partial charge is 0.324 e. The maximum Gasteiger partial charge on any atom is 0.324 e. The third-order valence-corrected chi connectivity index (χ3v) is 5.15. The second-order valence-corrected chi connectivity index (χ2v) is 7.06. The molecule has 8 heteroatoms. The third-order valence-electron chi connectivity index (χ3n) is 5.15. The van der Waals surface area contributed by atoms with Crippen molar-refractivity contribution in [2.45, 2.75) is 25.4 Å². The van der Waals surface area contributed by atoms with Gasteiger partial charge in [0.1, 0.15) is 0 Å². The molecule has 2 aliphatic heterocycles. The lowest BCUT2D eigenvalue weighted by Crippen LogP contribution is -2.52. The Morgan fingerprint density at radius 1 is 1.30 bits per heavy atom. The molecule has 0 aliphatic carbocycles. The maximum absolute atomic E-state index is 12.4. The summed E-state index contributed by atoms with van der Waals surface area (Å²) in [5.41, 5.74) is 1.28. The number of piperidine rings is 1. The highest BCUT2D eigenvalue weighted by Crippen LogP contribution is 2.17. The van der Waals surface area contributed by atoms with Crippen LogP contribution in [-0.4, -0.2) is 78.5 Å². The number of nitrogens with one attached hydrogen (secondary N) is 2. The quantitative estimate of drug-likeness (QED) is 0.724. The monoisotopic (exact) mass is 373 g/mol. The number of carbonyl (C=O) groups excluding carboxylic acids is 3. The molecular weight excluding hydrogens is 346 g/mol. The van der Waals surface area contributed by atoms with E-state index in [4.69, 9.17) is 0 Å². The minimum absolute atomic E-state index is 0.0337. The molecule has 2 aliphatic rings. The summed E-state index contributed by atoms with van der Waals surface area (Å²) in [7, 11) is 1.81. The summed E-state index contributed by atoms with van der Waals surface area (Å²) < 4.78 is 0. The summed E-state index contributed by atoms with van der Waals surface area (Å²) in [6.45, 7) is 3.24. The lowest BCUT2D eigenvalue weighted by molar-refractivity contribution is -0.124. The molecular formula is C19H27N5O3. The highest BCUT2D eigenvalue weighted by molar-refractivity contribution is 6.01. The minimum atomic E-state index is -0.397. The van der Waals surface area contributed by atoms with Crippen LogP contribution in [0, 0.1) is 0 Å². The van der Waals surface area contributed by atoms with E-state index in [9.17, 15) is 14.4 Å². The van der Waals surface area contributed by atoms with E-state index >= 15 is 0 Å². The fraction of sp³-hybridized carbons (Fsp3) is 0.526. The fourth-order valence-electron chi connectivity index (χ4n) is 3.58. The molecule has 0 bridgehead atoms. The Balaban J connectivity index is 1.44. The van der Waals surface area contributed by atoms with Crippen molar-refractivity contribution in [2.24, 2.45) is 0 Å². The van der Waals surface area contributed by atoms with Gasteiger partial charge in [0.2, 0.25) is 5.91 Å². The number of imide groups is 1. The number of carbonyl (C=O) groups is 3. The lowest BCUT2D eigenvalue weighted by atomic mass is 10.0. The summed E-state index contributed by atoms with van der Waals surface area (Å²) in [6.07, 6.45) is 2.03. The lowest BCUT2D eigenvalue weighted by Gasteiger charge is -2.37. The Kier molecular flexibility index (Phi) is 6.28. The molecule has 2 fully saturated rings. The van der Waals surface area contributed by atoms with Gasteiger partial charge in [0, 0.05) is 39.3 Å². The number of hydrogen-bond acceptors (Lipinski definition) is 4. The zero-order valence-electron chi connectivity index (χ0n) is 15.7. The zero-order valence-corrected chi connectivity index (χ0v) is 15.7. The molecule has 0 aromatic heterocycles. The molecule has 0 radical (unpaired) electrons. The van der Waals surface area contributed by atoms with Crippen LogP contribution in [0.1, 0.15) is 18.4 Å². The third kappa shape index (κ3) is 4.97. The Morgan fingerprint density at radius 2 is 2.07 bits per heavy atom. The first-order valence-electron chi connectivity index (χ1n) is 9.39. The first kappa shape index (κ1) is 19.2. The molecule has 0 spiro atoms. The molecule has 27 heavy (non-hydrogen) atoms. The van der Waals surface area contributed by atoms with Gasteiger partial charge in [-0.15, -0.1) is 0 Å². The molecule has 0 saturated carbocycles. The number of hydrogen-bond donors (Lipinski definition) is 2. The van der Waals surface area contributed by atoms with Crippen LogP contribution < -0.4 is 10.6 Å². The topological polar surface area (TPSA) is 85.0 Å². The minimum Gasteiger partial charge on any atom is -0.336 e. The highest BCUT2D eigenvalue weighted by atomic mass is 16.2. The molecule has 3 rings (SSSR count). The molecule has 1 aromatic carbocycles. The van der Waals surface area contributed by atoms with E-state index in [0.29, 0.717) is 0 Å². The summed E-state index contributed by atoms with van der Waals surface area (Å²) in [6, 6.07) is 9.92. The highest BCUT2D eigenvalue weighted by Gasteiger charge is 2.29. The van der Waals surface area contributed by atoms with Crippen LogP contribution in [0.25, 0.3) is 0 Å². The average molecular weight is 373 g/mol. The van der Waals surface area contributed by atoms with E-state index < -0.39 is 6.03 Å². The van der Waals surface area contributed by atoms with E-state index in [2.05, 4.69) is 27.7 Å².